The molecular formula is C22H25N5. The highest BCUT2D eigenvalue weighted by molar-refractivity contribution is 5.28. The van der Waals surface area contributed by atoms with Gasteiger partial charge >= 0.3 is 0 Å². The summed E-state index contributed by atoms with van der Waals surface area (Å²) in [6, 6.07) is 16.9. The van der Waals surface area contributed by atoms with Crippen molar-refractivity contribution in [1.29, 1.82) is 0 Å². The molecule has 138 valence electrons. The van der Waals surface area contributed by atoms with Gasteiger partial charge in [-0.25, -0.2) is 9.97 Å². The number of nitrogens with one attached hydrogen (secondary N) is 1. The van der Waals surface area contributed by atoms with E-state index in [0.29, 0.717) is 12.0 Å². The average molecular weight is 359 g/mol. The number of likely N-dealkylation sites (tertiary alicyclic amines) is 1. The number of pyridine rings is 1. The van der Waals surface area contributed by atoms with Crippen LogP contribution in [0.2, 0.25) is 0 Å². The minimum atomic E-state index is 0.385. The second kappa shape index (κ2) is 8.73. The molecule has 1 aromatic carbocycles. The molecule has 0 spiro atoms. The first-order valence-corrected chi connectivity index (χ1v) is 9.62. The fourth-order valence-electron chi connectivity index (χ4n) is 3.63. The molecule has 0 unspecified atom stereocenters. The highest BCUT2D eigenvalue weighted by Gasteiger charge is 2.24. The summed E-state index contributed by atoms with van der Waals surface area (Å²) in [5.41, 5.74) is 3.53. The molecule has 1 N–H and O–H groups in total. The Balaban J connectivity index is 1.38. The van der Waals surface area contributed by atoms with Crippen LogP contribution in [0.1, 0.15) is 42.1 Å². The SMILES string of the molecule is c1ccc(CNc2ncc(CN3CCCC[C@H]3c3ccccn3)cn2)cc1. The van der Waals surface area contributed by atoms with Gasteiger partial charge in [-0.05, 0) is 37.1 Å². The van der Waals surface area contributed by atoms with E-state index in [4.69, 9.17) is 0 Å². The van der Waals surface area contributed by atoms with Crippen LogP contribution in [0.3, 0.4) is 0 Å². The molecule has 5 nitrogen and oxygen atoms in total. The Morgan fingerprint density at radius 3 is 2.48 bits per heavy atom. The summed E-state index contributed by atoms with van der Waals surface area (Å²) in [6.45, 7) is 2.68. The maximum absolute atomic E-state index is 4.58. The van der Waals surface area contributed by atoms with E-state index in [9.17, 15) is 0 Å². The van der Waals surface area contributed by atoms with Gasteiger partial charge in [0.25, 0.3) is 0 Å². The zero-order valence-electron chi connectivity index (χ0n) is 15.5. The van der Waals surface area contributed by atoms with E-state index >= 15 is 0 Å². The van der Waals surface area contributed by atoms with Gasteiger partial charge in [-0.15, -0.1) is 0 Å². The molecular weight excluding hydrogens is 334 g/mol. The number of aromatic nitrogens is 3. The first kappa shape index (κ1) is 17.6. The first-order chi connectivity index (χ1) is 13.4. The van der Waals surface area contributed by atoms with Crippen LogP contribution in [0.4, 0.5) is 5.95 Å². The van der Waals surface area contributed by atoms with Crippen LogP contribution in [0.5, 0.6) is 0 Å². The Bertz CT molecular complexity index is 820. The highest BCUT2D eigenvalue weighted by atomic mass is 15.2. The Morgan fingerprint density at radius 2 is 1.70 bits per heavy atom. The quantitative estimate of drug-likeness (QED) is 0.714. The lowest BCUT2D eigenvalue weighted by atomic mass is 9.98. The van der Waals surface area contributed by atoms with Gasteiger partial charge in [0.2, 0.25) is 5.95 Å². The van der Waals surface area contributed by atoms with E-state index in [2.05, 4.69) is 49.4 Å². The van der Waals surface area contributed by atoms with Gasteiger partial charge < -0.3 is 5.32 Å². The maximum atomic E-state index is 4.58. The standard InChI is InChI=1S/C22H25N5/c1-2-8-18(9-3-1)14-24-22-25-15-19(16-26-22)17-27-13-7-5-11-21(27)20-10-4-6-12-23-20/h1-4,6,8-10,12,15-16,21H,5,7,11,13-14,17H2,(H,24,25,26)/t21-/m0/s1. The van der Waals surface area contributed by atoms with Gasteiger partial charge in [0.05, 0.1) is 11.7 Å². The monoisotopic (exact) mass is 359 g/mol. The summed E-state index contributed by atoms with van der Waals surface area (Å²) < 4.78 is 0. The number of hydrogen-bond acceptors (Lipinski definition) is 5. The molecule has 0 radical (unpaired) electrons. The molecule has 0 aliphatic carbocycles. The smallest absolute Gasteiger partial charge is 0.222 e. The van der Waals surface area contributed by atoms with Gasteiger partial charge in [-0.2, -0.15) is 0 Å². The predicted molar refractivity (Wildman–Crippen MR) is 107 cm³/mol. The van der Waals surface area contributed by atoms with Crippen LogP contribution in [-0.2, 0) is 13.1 Å². The van der Waals surface area contributed by atoms with Crippen LogP contribution >= 0.6 is 0 Å². The molecule has 0 amide bonds. The molecule has 1 saturated heterocycles. The van der Waals surface area contributed by atoms with Crippen molar-refractivity contribution in [3.05, 3.63) is 83.9 Å². The van der Waals surface area contributed by atoms with Crippen molar-refractivity contribution in [3.63, 3.8) is 0 Å². The van der Waals surface area contributed by atoms with E-state index in [0.717, 1.165) is 31.6 Å². The van der Waals surface area contributed by atoms with E-state index in [1.807, 2.05) is 42.9 Å². The van der Waals surface area contributed by atoms with E-state index < -0.39 is 0 Å². The number of hydrogen-bond donors (Lipinski definition) is 1. The molecule has 0 bridgehead atoms. The van der Waals surface area contributed by atoms with Crippen molar-refractivity contribution in [2.24, 2.45) is 0 Å². The third kappa shape index (κ3) is 4.68. The summed E-state index contributed by atoms with van der Waals surface area (Å²) in [5.74, 6) is 0.669. The Kier molecular flexibility index (Phi) is 5.70. The Hall–Kier alpha value is -2.79. The van der Waals surface area contributed by atoms with E-state index in [1.165, 1.54) is 24.1 Å². The lowest BCUT2D eigenvalue weighted by molar-refractivity contribution is 0.137. The minimum Gasteiger partial charge on any atom is -0.350 e. The van der Waals surface area contributed by atoms with Crippen molar-refractivity contribution in [2.45, 2.75) is 38.4 Å². The van der Waals surface area contributed by atoms with Crippen molar-refractivity contribution in [2.75, 3.05) is 11.9 Å². The van der Waals surface area contributed by atoms with Gasteiger partial charge in [-0.1, -0.05) is 42.8 Å². The topological polar surface area (TPSA) is 53.9 Å². The summed E-state index contributed by atoms with van der Waals surface area (Å²) in [6.07, 6.45) is 9.42. The van der Waals surface area contributed by atoms with Crippen LogP contribution in [0, 0.1) is 0 Å². The maximum Gasteiger partial charge on any atom is 0.222 e. The first-order valence-electron chi connectivity index (χ1n) is 9.62. The van der Waals surface area contributed by atoms with Crippen molar-refractivity contribution >= 4 is 5.95 Å². The van der Waals surface area contributed by atoms with E-state index in [1.54, 1.807) is 0 Å². The van der Waals surface area contributed by atoms with E-state index in [-0.39, 0.29) is 0 Å². The molecule has 2 aromatic heterocycles. The summed E-state index contributed by atoms with van der Waals surface area (Å²) >= 11 is 0. The van der Waals surface area contributed by atoms with Gasteiger partial charge in [0.1, 0.15) is 0 Å². The van der Waals surface area contributed by atoms with Crippen LogP contribution in [-0.4, -0.2) is 26.4 Å². The third-order valence-corrected chi connectivity index (χ3v) is 5.03. The Labute approximate surface area is 160 Å². The van der Waals surface area contributed by atoms with Crippen LogP contribution in [0.15, 0.2) is 67.1 Å². The zero-order valence-corrected chi connectivity index (χ0v) is 15.5. The number of piperidine rings is 1. The molecule has 27 heavy (non-hydrogen) atoms. The van der Waals surface area contributed by atoms with Gasteiger partial charge in [-0.3, -0.25) is 9.88 Å². The fraction of sp³-hybridized carbons (Fsp3) is 0.318. The second-order valence-corrected chi connectivity index (χ2v) is 6.99. The van der Waals surface area contributed by atoms with Crippen molar-refractivity contribution < 1.29 is 0 Å². The molecule has 4 rings (SSSR count). The molecule has 1 aliphatic rings. The summed E-state index contributed by atoms with van der Waals surface area (Å²) in [7, 11) is 0. The summed E-state index contributed by atoms with van der Waals surface area (Å²) in [5, 5.41) is 3.28. The average Bonchev–Trinajstić information content (AvgIpc) is 2.75. The number of nitrogens with zero attached hydrogens (tertiary/aromatic N) is 4. The number of rotatable bonds is 6. The summed E-state index contributed by atoms with van der Waals surface area (Å²) in [4.78, 5) is 16.1. The van der Waals surface area contributed by atoms with Crippen LogP contribution in [0.25, 0.3) is 0 Å². The molecule has 1 aliphatic heterocycles. The normalized spacial score (nSPS) is 17.6. The zero-order chi connectivity index (χ0) is 18.3. The molecule has 1 fully saturated rings. The fourth-order valence-corrected chi connectivity index (χ4v) is 3.63. The van der Waals surface area contributed by atoms with Crippen LogP contribution < -0.4 is 5.32 Å². The molecule has 0 saturated carbocycles. The number of anilines is 1. The molecule has 5 heteroatoms. The van der Waals surface area contributed by atoms with Crippen molar-refractivity contribution in [3.8, 4) is 0 Å². The van der Waals surface area contributed by atoms with Gasteiger partial charge in [0.15, 0.2) is 0 Å². The number of benzene rings is 1. The largest absolute Gasteiger partial charge is 0.350 e. The Morgan fingerprint density at radius 1 is 0.889 bits per heavy atom. The lowest BCUT2D eigenvalue weighted by Crippen LogP contribution is -2.33. The third-order valence-electron chi connectivity index (χ3n) is 5.03. The lowest BCUT2D eigenvalue weighted by Gasteiger charge is -2.35. The van der Waals surface area contributed by atoms with Gasteiger partial charge in [0, 0.05) is 37.2 Å². The molecule has 3 heterocycles. The second-order valence-electron chi connectivity index (χ2n) is 6.99. The highest BCUT2D eigenvalue weighted by Crippen LogP contribution is 2.30. The van der Waals surface area contributed by atoms with Crippen molar-refractivity contribution in [1.82, 2.24) is 19.9 Å². The minimum absolute atomic E-state index is 0.385. The predicted octanol–water partition coefficient (Wildman–Crippen LogP) is 4.21. The molecule has 1 atom stereocenters. The molecule has 3 aromatic rings.